The maximum Gasteiger partial charge on any atom is 0.241 e. The van der Waals surface area contributed by atoms with E-state index < -0.39 is 24.5 Å². The molecule has 1 amide bonds. The van der Waals surface area contributed by atoms with Crippen molar-refractivity contribution in [1.82, 2.24) is 0 Å². The van der Waals surface area contributed by atoms with E-state index in [0.29, 0.717) is 12.0 Å². The summed E-state index contributed by atoms with van der Waals surface area (Å²) in [5.41, 5.74) is 6.73. The normalized spacial score (nSPS) is 26.5. The molecule has 22 heavy (non-hydrogen) atoms. The van der Waals surface area contributed by atoms with Crippen LogP contribution in [0, 0.1) is 5.41 Å². The van der Waals surface area contributed by atoms with E-state index in [4.69, 9.17) is 12.6 Å². The van der Waals surface area contributed by atoms with Gasteiger partial charge in [0, 0.05) is 12.9 Å². The molecule has 0 aromatic rings. The first-order valence-corrected chi connectivity index (χ1v) is 7.43. The number of rotatable bonds is 5. The number of amides is 1. The van der Waals surface area contributed by atoms with E-state index >= 15 is 0 Å². The number of allylic oxidation sites excluding steroid dienone is 9. The van der Waals surface area contributed by atoms with Gasteiger partial charge in [0.1, 0.15) is 0 Å². The number of hydrogen-bond acceptors (Lipinski definition) is 1. The summed E-state index contributed by atoms with van der Waals surface area (Å²) in [7, 11) is 0. The number of primary amides is 1. The number of carbonyl (C=O) groups is 1. The average molecular weight is 304 g/mol. The molecule has 0 aliphatic heterocycles. The van der Waals surface area contributed by atoms with Crippen LogP contribution in [0.4, 0.5) is 0 Å². The summed E-state index contributed by atoms with van der Waals surface area (Å²) < 4.78 is 39.8. The van der Waals surface area contributed by atoms with Gasteiger partial charge in [-0.1, -0.05) is 55.4 Å². The molecule has 0 unspecified atom stereocenters. The van der Waals surface area contributed by atoms with Crippen LogP contribution in [0.3, 0.4) is 0 Å². The van der Waals surface area contributed by atoms with E-state index in [9.17, 15) is 4.79 Å². The molecule has 0 fully saturated rings. The van der Waals surface area contributed by atoms with E-state index in [-0.39, 0.29) is 12.0 Å². The van der Waals surface area contributed by atoms with Crippen molar-refractivity contribution < 1.29 is 11.6 Å². The van der Waals surface area contributed by atoms with Crippen LogP contribution in [0.2, 0.25) is 0 Å². The fourth-order valence-corrected chi connectivity index (χ4v) is 2.27. The Labute approximate surface area is 142 Å². The largest absolute Gasteiger partial charge is 0.366 e. The van der Waals surface area contributed by atoms with Gasteiger partial charge in [0.05, 0.1) is 0 Å². The third-order valence-corrected chi connectivity index (χ3v) is 3.65. The zero-order valence-electron chi connectivity index (χ0n) is 18.9. The lowest BCUT2D eigenvalue weighted by Crippen LogP contribution is -2.19. The Hall–Kier alpha value is -1.83. The summed E-state index contributed by atoms with van der Waals surface area (Å²) in [5, 5.41) is 0. The fourth-order valence-electron chi connectivity index (χ4n) is 2.27. The van der Waals surface area contributed by atoms with Gasteiger partial charge in [-0.25, -0.2) is 0 Å². The molecule has 0 aromatic carbocycles. The molecule has 2 heteroatoms. The second-order valence-corrected chi connectivity index (χ2v) is 6.24. The van der Waals surface area contributed by atoms with E-state index in [1.165, 1.54) is 6.08 Å². The molecule has 0 saturated carbocycles. The summed E-state index contributed by atoms with van der Waals surface area (Å²) in [6.45, 7) is 5.05. The molecular weight excluding hydrogens is 270 g/mol. The topological polar surface area (TPSA) is 43.1 Å². The van der Waals surface area contributed by atoms with Gasteiger partial charge in [0.2, 0.25) is 5.91 Å². The molecule has 2 nitrogen and oxygen atoms in total. The average Bonchev–Trinajstić information content (AvgIpc) is 2.46. The number of hydrogen-bond donors (Lipinski definition) is 1. The maximum atomic E-state index is 10.8. The smallest absolute Gasteiger partial charge is 0.241 e. The quantitative estimate of drug-likeness (QED) is 0.563. The third kappa shape index (κ3) is 5.88. The first-order chi connectivity index (χ1) is 12.2. The molecule has 0 heterocycles. The first-order valence-electron chi connectivity index (χ1n) is 9.93. The van der Waals surface area contributed by atoms with Crippen LogP contribution in [-0.2, 0) is 4.79 Å². The summed E-state index contributed by atoms with van der Waals surface area (Å²) in [6, 6.07) is 0. The highest BCUT2D eigenvalue weighted by molar-refractivity contribution is 5.86. The molecule has 1 rings (SSSR count). The van der Waals surface area contributed by atoms with Gasteiger partial charge < -0.3 is 5.73 Å². The first kappa shape index (κ1) is 11.7. The van der Waals surface area contributed by atoms with Crippen molar-refractivity contribution in [2.24, 2.45) is 11.1 Å². The van der Waals surface area contributed by atoms with Crippen molar-refractivity contribution >= 4 is 5.91 Å². The summed E-state index contributed by atoms with van der Waals surface area (Å²) in [4.78, 5) is 10.8. The van der Waals surface area contributed by atoms with Gasteiger partial charge in [-0.3, -0.25) is 4.79 Å². The lowest BCUT2D eigenvalue weighted by atomic mass is 9.72. The van der Waals surface area contributed by atoms with Crippen molar-refractivity contribution in [2.45, 2.75) is 53.8 Å². The maximum absolute atomic E-state index is 10.8. The van der Waals surface area contributed by atoms with Crippen LogP contribution in [0.5, 0.6) is 0 Å². The number of carbonyl (C=O) groups excluding carboxylic acids is 1. The lowest BCUT2D eigenvalue weighted by molar-refractivity contribution is -0.113. The molecule has 0 radical (unpaired) electrons. The Morgan fingerprint density at radius 1 is 1.32 bits per heavy atom. The zero-order chi connectivity index (χ0) is 21.0. The van der Waals surface area contributed by atoms with Gasteiger partial charge in [-0.05, 0) is 56.5 Å². The van der Waals surface area contributed by atoms with Crippen LogP contribution in [-0.4, -0.2) is 5.91 Å². The minimum absolute atomic E-state index is 0.0916. The Morgan fingerprint density at radius 3 is 2.68 bits per heavy atom. The van der Waals surface area contributed by atoms with Gasteiger partial charge in [-0.15, -0.1) is 0 Å². The highest BCUT2D eigenvalue weighted by atomic mass is 16.1. The highest BCUT2D eigenvalue weighted by Gasteiger charge is 2.26. The van der Waals surface area contributed by atoms with Crippen LogP contribution in [0.25, 0.3) is 0 Å². The predicted octanol–water partition coefficient (Wildman–Crippen LogP) is 5.00. The second kappa shape index (κ2) is 7.98. The molecule has 1 aliphatic carbocycles. The van der Waals surface area contributed by atoms with Crippen molar-refractivity contribution in [3.8, 4) is 0 Å². The van der Waals surface area contributed by atoms with Crippen LogP contribution >= 0.6 is 0 Å². The zero-order valence-corrected chi connectivity index (χ0v) is 13.9. The highest BCUT2D eigenvalue weighted by Crippen LogP contribution is 2.40. The van der Waals surface area contributed by atoms with E-state index in [1.807, 2.05) is 26.8 Å². The number of nitrogens with two attached hydrogens (primary N) is 1. The van der Waals surface area contributed by atoms with Crippen LogP contribution in [0.15, 0.2) is 58.7 Å². The lowest BCUT2D eigenvalue weighted by Gasteiger charge is -2.32. The van der Waals surface area contributed by atoms with Crippen LogP contribution in [0.1, 0.15) is 60.6 Å². The van der Waals surface area contributed by atoms with Crippen molar-refractivity contribution in [2.75, 3.05) is 0 Å². The van der Waals surface area contributed by atoms with E-state index in [0.717, 1.165) is 11.1 Å². The Morgan fingerprint density at radius 2 is 2.05 bits per heavy atom. The Bertz CT molecular complexity index is 734. The fraction of sp³-hybridized carbons (Fsp3) is 0.450. The van der Waals surface area contributed by atoms with Crippen molar-refractivity contribution in [1.29, 1.82) is 0 Å². The summed E-state index contributed by atoms with van der Waals surface area (Å²) in [6.07, 6.45) is 9.15. The van der Waals surface area contributed by atoms with Crippen molar-refractivity contribution in [3.05, 3.63) is 58.7 Å². The van der Waals surface area contributed by atoms with Gasteiger partial charge in [0.25, 0.3) is 0 Å². The van der Waals surface area contributed by atoms with E-state index in [1.54, 1.807) is 31.2 Å². The molecule has 0 aromatic heterocycles. The second-order valence-electron chi connectivity index (χ2n) is 6.24. The molecule has 120 valence electrons. The Kier molecular flexibility index (Phi) is 4.24. The molecule has 2 N–H and O–H groups in total. The van der Waals surface area contributed by atoms with Gasteiger partial charge in [0.15, 0.2) is 0 Å². The molecule has 0 bridgehead atoms. The molecule has 0 spiro atoms. The summed E-state index contributed by atoms with van der Waals surface area (Å²) >= 11 is 0. The minimum atomic E-state index is -2.48. The summed E-state index contributed by atoms with van der Waals surface area (Å²) in [5.74, 6) is -0.504. The third-order valence-electron chi connectivity index (χ3n) is 3.65. The predicted molar refractivity (Wildman–Crippen MR) is 95.3 cm³/mol. The van der Waals surface area contributed by atoms with Gasteiger partial charge in [-0.2, -0.15) is 0 Å². The SMILES string of the molecule is [2H]C([2H])([2H])C1=C(C=CC(C)=CC=CC(C)=CC(N)=O)C(C)(C)CCC1([2H])[2H]. The molecular formula is C20H29NO. The van der Waals surface area contributed by atoms with Crippen molar-refractivity contribution in [3.63, 3.8) is 0 Å². The van der Waals surface area contributed by atoms with Crippen LogP contribution < -0.4 is 5.73 Å². The minimum Gasteiger partial charge on any atom is -0.366 e. The van der Waals surface area contributed by atoms with Gasteiger partial charge >= 0.3 is 0 Å². The molecule has 1 aliphatic rings. The molecule has 0 saturated heterocycles. The van der Waals surface area contributed by atoms with E-state index in [2.05, 4.69) is 0 Å². The standard InChI is InChI=1S/C20H29NO/c1-15(8-6-9-16(2)14-19(21)22)11-12-18-17(3)10-7-13-20(18,4)5/h6,8-9,11-12,14H,7,10,13H2,1-5H3,(H2,21,22)/i3D3,10D2. The Balaban J connectivity index is 3.24. The molecule has 0 atom stereocenters. The monoisotopic (exact) mass is 304 g/mol.